The lowest BCUT2D eigenvalue weighted by Gasteiger charge is -2.21. The van der Waals surface area contributed by atoms with Gasteiger partial charge in [0, 0.05) is 19.5 Å². The van der Waals surface area contributed by atoms with Crippen molar-refractivity contribution in [1.82, 2.24) is 4.90 Å². The largest absolute Gasteiger partial charge is 0.460 e. The van der Waals surface area contributed by atoms with Gasteiger partial charge in [-0.3, -0.25) is 9.59 Å². The first kappa shape index (κ1) is 17.2. The quantitative estimate of drug-likeness (QED) is 0.573. The standard InChI is InChI=1S/C17H25NO3/c1-14-8-5-6-9-15(14)12-18(13-19)11-7-10-16(20)21-17(2,3)4/h5-6,8-9,13H,7,10-12H2,1-4H3. The summed E-state index contributed by atoms with van der Waals surface area (Å²) in [6, 6.07) is 7.98. The number of carbonyl (C=O) groups excluding carboxylic acids is 2. The van der Waals surface area contributed by atoms with Gasteiger partial charge in [-0.2, -0.15) is 0 Å². The summed E-state index contributed by atoms with van der Waals surface area (Å²) in [4.78, 5) is 24.4. The summed E-state index contributed by atoms with van der Waals surface area (Å²) in [5.41, 5.74) is 1.83. The first-order valence-corrected chi connectivity index (χ1v) is 7.27. The molecule has 1 rings (SSSR count). The Morgan fingerprint density at radius 3 is 2.52 bits per heavy atom. The molecule has 0 N–H and O–H groups in total. The van der Waals surface area contributed by atoms with Crippen LogP contribution in [0.25, 0.3) is 0 Å². The predicted molar refractivity (Wildman–Crippen MR) is 82.7 cm³/mol. The maximum Gasteiger partial charge on any atom is 0.306 e. The van der Waals surface area contributed by atoms with E-state index in [1.165, 1.54) is 0 Å². The molecule has 0 atom stereocenters. The summed E-state index contributed by atoms with van der Waals surface area (Å²) in [5, 5.41) is 0. The van der Waals surface area contributed by atoms with E-state index in [1.54, 1.807) is 4.90 Å². The van der Waals surface area contributed by atoms with Crippen LogP contribution >= 0.6 is 0 Å². The minimum absolute atomic E-state index is 0.218. The Balaban J connectivity index is 2.40. The van der Waals surface area contributed by atoms with Gasteiger partial charge < -0.3 is 9.64 Å². The minimum atomic E-state index is -0.456. The van der Waals surface area contributed by atoms with Gasteiger partial charge in [0.1, 0.15) is 5.60 Å². The summed E-state index contributed by atoms with van der Waals surface area (Å²) in [5.74, 6) is -0.218. The number of ether oxygens (including phenoxy) is 1. The predicted octanol–water partition coefficient (Wildman–Crippen LogP) is 3.08. The summed E-state index contributed by atoms with van der Waals surface area (Å²) >= 11 is 0. The van der Waals surface area contributed by atoms with Crippen LogP contribution in [-0.2, 0) is 20.9 Å². The molecule has 21 heavy (non-hydrogen) atoms. The molecule has 0 fully saturated rings. The molecular formula is C17H25NO3. The van der Waals surface area contributed by atoms with Crippen LogP contribution in [0.3, 0.4) is 0 Å². The highest BCUT2D eigenvalue weighted by Gasteiger charge is 2.16. The number of rotatable bonds is 7. The lowest BCUT2D eigenvalue weighted by molar-refractivity contribution is -0.155. The van der Waals surface area contributed by atoms with E-state index in [0.29, 0.717) is 25.9 Å². The Morgan fingerprint density at radius 2 is 1.95 bits per heavy atom. The van der Waals surface area contributed by atoms with Crippen molar-refractivity contribution in [1.29, 1.82) is 0 Å². The maximum absolute atomic E-state index is 11.6. The van der Waals surface area contributed by atoms with Crippen molar-refractivity contribution in [2.24, 2.45) is 0 Å². The van der Waals surface area contributed by atoms with Crippen molar-refractivity contribution in [2.75, 3.05) is 6.54 Å². The molecule has 0 aliphatic carbocycles. The second-order valence-corrected chi connectivity index (χ2v) is 6.19. The van der Waals surface area contributed by atoms with Crippen LogP contribution in [0.1, 0.15) is 44.7 Å². The number of carbonyl (C=O) groups is 2. The van der Waals surface area contributed by atoms with Crippen LogP contribution in [0.5, 0.6) is 0 Å². The van der Waals surface area contributed by atoms with Crippen molar-refractivity contribution in [3.05, 3.63) is 35.4 Å². The van der Waals surface area contributed by atoms with Crippen LogP contribution in [0.4, 0.5) is 0 Å². The van der Waals surface area contributed by atoms with E-state index in [-0.39, 0.29) is 5.97 Å². The zero-order valence-corrected chi connectivity index (χ0v) is 13.4. The fourth-order valence-electron chi connectivity index (χ4n) is 1.99. The molecule has 1 amide bonds. The number of benzene rings is 1. The van der Waals surface area contributed by atoms with E-state index in [2.05, 4.69) is 0 Å². The topological polar surface area (TPSA) is 46.6 Å². The highest BCUT2D eigenvalue weighted by molar-refractivity contribution is 5.69. The van der Waals surface area contributed by atoms with Gasteiger partial charge in [-0.05, 0) is 45.2 Å². The average molecular weight is 291 g/mol. The van der Waals surface area contributed by atoms with Crippen molar-refractivity contribution in [3.8, 4) is 0 Å². The lowest BCUT2D eigenvalue weighted by atomic mass is 10.1. The smallest absolute Gasteiger partial charge is 0.306 e. The van der Waals surface area contributed by atoms with E-state index >= 15 is 0 Å². The number of esters is 1. The van der Waals surface area contributed by atoms with Gasteiger partial charge in [-0.25, -0.2) is 0 Å². The Hall–Kier alpha value is -1.84. The fourth-order valence-corrected chi connectivity index (χ4v) is 1.99. The molecule has 0 radical (unpaired) electrons. The second-order valence-electron chi connectivity index (χ2n) is 6.19. The summed E-state index contributed by atoms with van der Waals surface area (Å²) in [7, 11) is 0. The van der Waals surface area contributed by atoms with Gasteiger partial charge in [0.2, 0.25) is 6.41 Å². The average Bonchev–Trinajstić information content (AvgIpc) is 2.37. The van der Waals surface area contributed by atoms with Crippen LogP contribution in [0.15, 0.2) is 24.3 Å². The van der Waals surface area contributed by atoms with E-state index in [9.17, 15) is 9.59 Å². The highest BCUT2D eigenvalue weighted by atomic mass is 16.6. The van der Waals surface area contributed by atoms with Crippen LogP contribution < -0.4 is 0 Å². The summed E-state index contributed by atoms with van der Waals surface area (Å²) < 4.78 is 5.24. The zero-order valence-electron chi connectivity index (χ0n) is 13.4. The van der Waals surface area contributed by atoms with Gasteiger partial charge in [0.15, 0.2) is 0 Å². The molecule has 0 heterocycles. The molecule has 0 saturated carbocycles. The monoisotopic (exact) mass is 291 g/mol. The molecule has 1 aromatic rings. The van der Waals surface area contributed by atoms with E-state index < -0.39 is 5.60 Å². The minimum Gasteiger partial charge on any atom is -0.460 e. The molecule has 4 heteroatoms. The maximum atomic E-state index is 11.6. The molecule has 0 aliphatic rings. The Kier molecular flexibility index (Phi) is 6.40. The number of hydrogen-bond acceptors (Lipinski definition) is 3. The molecule has 0 saturated heterocycles. The SMILES string of the molecule is Cc1ccccc1CN(C=O)CCCC(=O)OC(C)(C)C. The molecule has 0 aromatic heterocycles. The molecule has 1 aromatic carbocycles. The van der Waals surface area contributed by atoms with Crippen LogP contribution in [0, 0.1) is 6.92 Å². The van der Waals surface area contributed by atoms with Crippen LogP contribution in [0.2, 0.25) is 0 Å². The van der Waals surface area contributed by atoms with E-state index in [0.717, 1.165) is 17.5 Å². The van der Waals surface area contributed by atoms with Crippen molar-refractivity contribution in [2.45, 2.75) is 52.7 Å². The highest BCUT2D eigenvalue weighted by Crippen LogP contribution is 2.12. The molecule has 116 valence electrons. The van der Waals surface area contributed by atoms with Gasteiger partial charge in [0.25, 0.3) is 0 Å². The Labute approximate surface area is 127 Å². The zero-order chi connectivity index (χ0) is 15.9. The molecule has 0 bridgehead atoms. The van der Waals surface area contributed by atoms with E-state index in [1.807, 2.05) is 52.0 Å². The molecule has 0 spiro atoms. The second kappa shape index (κ2) is 7.81. The first-order valence-electron chi connectivity index (χ1n) is 7.27. The lowest BCUT2D eigenvalue weighted by Crippen LogP contribution is -2.26. The third-order valence-corrected chi connectivity index (χ3v) is 3.03. The van der Waals surface area contributed by atoms with Crippen LogP contribution in [-0.4, -0.2) is 29.4 Å². The summed E-state index contributed by atoms with van der Waals surface area (Å²) in [6.45, 7) is 8.70. The molecule has 4 nitrogen and oxygen atoms in total. The normalized spacial score (nSPS) is 11.0. The van der Waals surface area contributed by atoms with Gasteiger partial charge >= 0.3 is 5.97 Å². The van der Waals surface area contributed by atoms with Gasteiger partial charge in [-0.15, -0.1) is 0 Å². The van der Waals surface area contributed by atoms with Gasteiger partial charge in [-0.1, -0.05) is 24.3 Å². The molecule has 0 aliphatic heterocycles. The Morgan fingerprint density at radius 1 is 1.29 bits per heavy atom. The van der Waals surface area contributed by atoms with Crippen molar-refractivity contribution >= 4 is 12.4 Å². The third kappa shape index (κ3) is 6.93. The number of nitrogens with zero attached hydrogens (tertiary/aromatic N) is 1. The van der Waals surface area contributed by atoms with E-state index in [4.69, 9.17) is 4.74 Å². The van der Waals surface area contributed by atoms with Crippen molar-refractivity contribution < 1.29 is 14.3 Å². The first-order chi connectivity index (χ1) is 9.81. The molecule has 0 unspecified atom stereocenters. The molecular weight excluding hydrogens is 266 g/mol. The van der Waals surface area contributed by atoms with Gasteiger partial charge in [0.05, 0.1) is 0 Å². The third-order valence-electron chi connectivity index (χ3n) is 3.03. The number of amides is 1. The van der Waals surface area contributed by atoms with Crippen molar-refractivity contribution in [3.63, 3.8) is 0 Å². The number of hydrogen-bond donors (Lipinski definition) is 0. The number of aryl methyl sites for hydroxylation is 1. The Bertz CT molecular complexity index is 477. The summed E-state index contributed by atoms with van der Waals surface area (Å²) in [6.07, 6.45) is 1.77. The fraction of sp³-hybridized carbons (Fsp3) is 0.529.